The lowest BCUT2D eigenvalue weighted by Crippen LogP contribution is -2.13. The summed E-state index contributed by atoms with van der Waals surface area (Å²) in [6.45, 7) is 5.97. The van der Waals surface area contributed by atoms with Gasteiger partial charge in [-0.1, -0.05) is 24.3 Å². The number of anilines is 1. The Hall–Kier alpha value is -4.13. The molecule has 2 aromatic heterocycles. The topological polar surface area (TPSA) is 78.3 Å². The van der Waals surface area contributed by atoms with Crippen LogP contribution in [0.15, 0.2) is 54.6 Å². The third kappa shape index (κ3) is 4.57. The van der Waals surface area contributed by atoms with E-state index in [1.165, 1.54) is 6.08 Å². The van der Waals surface area contributed by atoms with E-state index in [9.17, 15) is 4.79 Å². The van der Waals surface area contributed by atoms with Gasteiger partial charge in [-0.05, 0) is 61.7 Å². The van der Waals surface area contributed by atoms with Crippen molar-refractivity contribution in [2.24, 2.45) is 0 Å². The molecule has 0 radical (unpaired) electrons. The number of hydrogen-bond donors (Lipinski definition) is 1. The van der Waals surface area contributed by atoms with Gasteiger partial charge in [-0.2, -0.15) is 9.78 Å². The number of carbonyl (C=O) groups is 1. The van der Waals surface area contributed by atoms with Crippen LogP contribution in [0.1, 0.15) is 22.4 Å². The molecule has 1 amide bonds. The number of nitrogens with one attached hydrogen (secondary N) is 1. The maximum atomic E-state index is 12.7. The van der Waals surface area contributed by atoms with Gasteiger partial charge in [0.2, 0.25) is 5.91 Å². The quantitative estimate of drug-likeness (QED) is 0.425. The minimum absolute atomic E-state index is 0.278. The number of nitrogens with zero attached hydrogens (tertiary/aromatic N) is 3. The van der Waals surface area contributed by atoms with E-state index < -0.39 is 0 Å². The number of benzene rings is 2. The third-order valence-electron chi connectivity index (χ3n) is 5.37. The molecule has 0 fully saturated rings. The normalized spacial score (nSPS) is 11.2. The molecule has 1 N–H and O–H groups in total. The first kappa shape index (κ1) is 22.1. The molecular formula is C26H26N4O3. The van der Waals surface area contributed by atoms with E-state index in [2.05, 4.69) is 16.5 Å². The molecule has 33 heavy (non-hydrogen) atoms. The zero-order chi connectivity index (χ0) is 23.5. The molecule has 0 bridgehead atoms. The first-order valence-electron chi connectivity index (χ1n) is 10.5. The third-order valence-corrected chi connectivity index (χ3v) is 5.37. The van der Waals surface area contributed by atoms with E-state index in [1.54, 1.807) is 37.1 Å². The van der Waals surface area contributed by atoms with E-state index in [0.29, 0.717) is 23.1 Å². The highest BCUT2D eigenvalue weighted by Gasteiger charge is 2.13. The lowest BCUT2D eigenvalue weighted by atomic mass is 10.1. The van der Waals surface area contributed by atoms with Crippen LogP contribution in [0.3, 0.4) is 0 Å². The van der Waals surface area contributed by atoms with Crippen molar-refractivity contribution >= 4 is 28.7 Å². The monoisotopic (exact) mass is 442 g/mol. The molecule has 0 aliphatic rings. The summed E-state index contributed by atoms with van der Waals surface area (Å²) >= 11 is 0. The second-order valence-electron chi connectivity index (χ2n) is 7.79. The molecule has 0 saturated carbocycles. The highest BCUT2D eigenvalue weighted by Crippen LogP contribution is 2.28. The van der Waals surface area contributed by atoms with E-state index in [4.69, 9.17) is 14.5 Å². The predicted molar refractivity (Wildman–Crippen MR) is 130 cm³/mol. The number of aromatic nitrogens is 3. The van der Waals surface area contributed by atoms with Crippen LogP contribution < -0.4 is 14.8 Å². The predicted octanol–water partition coefficient (Wildman–Crippen LogP) is 5.01. The lowest BCUT2D eigenvalue weighted by molar-refractivity contribution is -0.111. The van der Waals surface area contributed by atoms with Crippen LogP contribution in [0.4, 0.5) is 5.82 Å². The first-order valence-corrected chi connectivity index (χ1v) is 10.5. The molecule has 7 nitrogen and oxygen atoms in total. The summed E-state index contributed by atoms with van der Waals surface area (Å²) in [5, 5.41) is 8.57. The van der Waals surface area contributed by atoms with Gasteiger partial charge in [0.05, 0.1) is 25.4 Å². The first-order chi connectivity index (χ1) is 15.9. The molecule has 2 heterocycles. The smallest absolute Gasteiger partial charge is 0.249 e. The van der Waals surface area contributed by atoms with Crippen molar-refractivity contribution in [3.63, 3.8) is 0 Å². The number of para-hydroxylation sites is 1. The largest absolute Gasteiger partial charge is 0.493 e. The number of ether oxygens (including phenoxy) is 2. The minimum atomic E-state index is -0.278. The van der Waals surface area contributed by atoms with Crippen LogP contribution in [0.5, 0.6) is 11.5 Å². The van der Waals surface area contributed by atoms with Crippen LogP contribution in [-0.2, 0) is 4.79 Å². The molecule has 7 heteroatoms. The second kappa shape index (κ2) is 9.16. The van der Waals surface area contributed by atoms with Gasteiger partial charge in [-0.25, -0.2) is 4.98 Å². The summed E-state index contributed by atoms with van der Waals surface area (Å²) in [5.74, 6) is 2.16. The number of hydrogen-bond acceptors (Lipinski definition) is 5. The summed E-state index contributed by atoms with van der Waals surface area (Å²) in [6, 6.07) is 15.4. The Kier molecular flexibility index (Phi) is 6.13. The Morgan fingerprint density at radius 2 is 1.76 bits per heavy atom. The molecule has 4 aromatic rings. The number of aryl methyl sites for hydroxylation is 3. The summed E-state index contributed by atoms with van der Waals surface area (Å²) < 4.78 is 12.2. The van der Waals surface area contributed by atoms with E-state index in [0.717, 1.165) is 33.3 Å². The Balaban J connectivity index is 1.61. The Bertz CT molecular complexity index is 1370. The maximum absolute atomic E-state index is 12.7. The summed E-state index contributed by atoms with van der Waals surface area (Å²) in [7, 11) is 3.16. The summed E-state index contributed by atoms with van der Waals surface area (Å²) in [6.07, 6.45) is 3.18. The van der Waals surface area contributed by atoms with Gasteiger partial charge in [0.1, 0.15) is 5.82 Å². The molecule has 0 aliphatic carbocycles. The molecule has 0 saturated heterocycles. The molecular weight excluding hydrogens is 416 g/mol. The number of methoxy groups -OCH3 is 2. The summed E-state index contributed by atoms with van der Waals surface area (Å²) in [4.78, 5) is 17.5. The van der Waals surface area contributed by atoms with Crippen molar-refractivity contribution in [1.82, 2.24) is 14.8 Å². The maximum Gasteiger partial charge on any atom is 0.249 e. The number of fused-ring (bicyclic) bond motifs is 1. The highest BCUT2D eigenvalue weighted by molar-refractivity contribution is 6.01. The van der Waals surface area contributed by atoms with Gasteiger partial charge in [0, 0.05) is 17.5 Å². The van der Waals surface area contributed by atoms with Crippen molar-refractivity contribution < 1.29 is 14.3 Å². The average Bonchev–Trinajstić information content (AvgIpc) is 3.17. The Morgan fingerprint density at radius 1 is 0.970 bits per heavy atom. The number of rotatable bonds is 6. The molecule has 0 aliphatic heterocycles. The van der Waals surface area contributed by atoms with E-state index >= 15 is 0 Å². The highest BCUT2D eigenvalue weighted by atomic mass is 16.5. The average molecular weight is 443 g/mol. The zero-order valence-corrected chi connectivity index (χ0v) is 19.3. The number of amides is 1. The van der Waals surface area contributed by atoms with E-state index in [1.807, 2.05) is 51.1 Å². The van der Waals surface area contributed by atoms with Gasteiger partial charge >= 0.3 is 0 Å². The zero-order valence-electron chi connectivity index (χ0n) is 19.3. The van der Waals surface area contributed by atoms with Gasteiger partial charge < -0.3 is 14.8 Å². The van der Waals surface area contributed by atoms with Gasteiger partial charge in [-0.3, -0.25) is 4.79 Å². The van der Waals surface area contributed by atoms with E-state index in [-0.39, 0.29) is 5.91 Å². The molecule has 168 valence electrons. The van der Waals surface area contributed by atoms with Crippen LogP contribution in [0.2, 0.25) is 0 Å². The van der Waals surface area contributed by atoms with Crippen LogP contribution in [0, 0.1) is 20.8 Å². The van der Waals surface area contributed by atoms with Gasteiger partial charge in [0.25, 0.3) is 0 Å². The van der Waals surface area contributed by atoms with Crippen molar-refractivity contribution in [3.05, 3.63) is 77.0 Å². The fraction of sp³-hybridized carbons (Fsp3) is 0.192. The van der Waals surface area contributed by atoms with Crippen LogP contribution >= 0.6 is 0 Å². The van der Waals surface area contributed by atoms with Gasteiger partial charge in [-0.15, -0.1) is 0 Å². The standard InChI is InChI=1S/C26H26N4O3/c1-16-7-6-8-20-17(2)13-23(28-26(16)20)30-24(14-18(3)29-30)27-25(31)12-10-19-9-11-21(32-4)22(15-19)33-5/h6-15H,1-5H3,(H,27,31)/b12-10+. The summed E-state index contributed by atoms with van der Waals surface area (Å²) in [5.41, 5.74) is 4.70. The van der Waals surface area contributed by atoms with Crippen molar-refractivity contribution in [2.45, 2.75) is 20.8 Å². The molecule has 0 atom stereocenters. The van der Waals surface area contributed by atoms with Crippen molar-refractivity contribution in [1.29, 1.82) is 0 Å². The molecule has 0 spiro atoms. The molecule has 4 rings (SSSR count). The second-order valence-corrected chi connectivity index (χ2v) is 7.79. The molecule has 2 aromatic carbocycles. The van der Waals surface area contributed by atoms with Crippen LogP contribution in [-0.4, -0.2) is 34.9 Å². The Morgan fingerprint density at radius 3 is 2.52 bits per heavy atom. The van der Waals surface area contributed by atoms with Crippen LogP contribution in [0.25, 0.3) is 22.8 Å². The Labute approximate surface area is 192 Å². The lowest BCUT2D eigenvalue weighted by Gasteiger charge is -2.11. The van der Waals surface area contributed by atoms with Crippen molar-refractivity contribution in [2.75, 3.05) is 19.5 Å². The fourth-order valence-electron chi connectivity index (χ4n) is 3.71. The molecule has 0 unspecified atom stereocenters. The SMILES string of the molecule is COc1ccc(/C=C/C(=O)Nc2cc(C)nn2-c2cc(C)c3cccc(C)c3n2)cc1OC. The number of pyridine rings is 1. The number of carbonyl (C=O) groups excluding carboxylic acids is 1. The van der Waals surface area contributed by atoms with Gasteiger partial charge in [0.15, 0.2) is 17.3 Å². The van der Waals surface area contributed by atoms with Crippen molar-refractivity contribution in [3.8, 4) is 17.3 Å². The minimum Gasteiger partial charge on any atom is -0.493 e. The fourth-order valence-corrected chi connectivity index (χ4v) is 3.71.